The molecule has 1 N–H and O–H groups in total. The Balaban J connectivity index is 1.63. The van der Waals surface area contributed by atoms with Crippen molar-refractivity contribution in [3.63, 3.8) is 0 Å². The van der Waals surface area contributed by atoms with Gasteiger partial charge in [-0.15, -0.1) is 11.3 Å². The summed E-state index contributed by atoms with van der Waals surface area (Å²) in [5.74, 6) is 0.930. The van der Waals surface area contributed by atoms with Gasteiger partial charge in [0.15, 0.2) is 11.9 Å². The van der Waals surface area contributed by atoms with Crippen LogP contribution < -0.4 is 10.1 Å². The molecule has 0 spiro atoms. The number of nitrogens with one attached hydrogen (secondary N) is 1. The molecule has 0 unspecified atom stereocenters. The molecule has 0 fully saturated rings. The average molecular weight is 380 g/mol. The number of hydrogen-bond acceptors (Lipinski definition) is 6. The molecular formula is C16H14ClN3O2S2. The van der Waals surface area contributed by atoms with Crippen LogP contribution in [0.5, 0.6) is 5.75 Å². The normalized spacial score (nSPS) is 12.0. The van der Waals surface area contributed by atoms with E-state index in [1.165, 1.54) is 0 Å². The second-order valence-electron chi connectivity index (χ2n) is 5.06. The topological polar surface area (TPSA) is 64.1 Å². The Morgan fingerprint density at radius 3 is 2.92 bits per heavy atom. The summed E-state index contributed by atoms with van der Waals surface area (Å²) in [6.07, 6.45) is -0.667. The third-order valence-corrected chi connectivity index (χ3v) is 5.13. The maximum Gasteiger partial charge on any atom is 0.266 e. The van der Waals surface area contributed by atoms with Crippen molar-refractivity contribution >= 4 is 45.5 Å². The second kappa shape index (κ2) is 7.29. The molecule has 1 amide bonds. The monoisotopic (exact) mass is 379 g/mol. The van der Waals surface area contributed by atoms with Crippen molar-refractivity contribution in [3.05, 3.63) is 46.3 Å². The summed E-state index contributed by atoms with van der Waals surface area (Å²) in [4.78, 5) is 17.5. The zero-order valence-corrected chi connectivity index (χ0v) is 15.3. The minimum Gasteiger partial charge on any atom is -0.481 e. The second-order valence-corrected chi connectivity index (χ2v) is 7.17. The van der Waals surface area contributed by atoms with Crippen LogP contribution in [0.2, 0.25) is 5.02 Å². The summed E-state index contributed by atoms with van der Waals surface area (Å²) < 4.78 is 9.90. The fraction of sp³-hybridized carbons (Fsp3) is 0.188. The predicted octanol–water partition coefficient (Wildman–Crippen LogP) is 4.63. The molecular weight excluding hydrogens is 366 g/mol. The lowest BCUT2D eigenvalue weighted by Gasteiger charge is -2.14. The van der Waals surface area contributed by atoms with Crippen LogP contribution in [0.4, 0.5) is 5.13 Å². The molecule has 0 bridgehead atoms. The van der Waals surface area contributed by atoms with Crippen LogP contribution in [0.1, 0.15) is 12.5 Å². The average Bonchev–Trinajstić information content (AvgIpc) is 3.21. The van der Waals surface area contributed by atoms with Gasteiger partial charge in [0, 0.05) is 16.6 Å². The van der Waals surface area contributed by atoms with Crippen LogP contribution in [0.3, 0.4) is 0 Å². The molecule has 0 aliphatic carbocycles. The number of ether oxygens (including phenoxy) is 1. The lowest BCUT2D eigenvalue weighted by Crippen LogP contribution is -2.30. The highest BCUT2D eigenvalue weighted by atomic mass is 35.5. The summed E-state index contributed by atoms with van der Waals surface area (Å²) in [6, 6.07) is 9.15. The Labute approximate surface area is 152 Å². The number of aromatic nitrogens is 2. The predicted molar refractivity (Wildman–Crippen MR) is 98.1 cm³/mol. The van der Waals surface area contributed by atoms with Gasteiger partial charge < -0.3 is 4.74 Å². The van der Waals surface area contributed by atoms with Gasteiger partial charge in [-0.3, -0.25) is 10.1 Å². The molecule has 2 heterocycles. The minimum atomic E-state index is -0.667. The number of nitrogens with zero attached hydrogens (tertiary/aromatic N) is 2. The largest absolute Gasteiger partial charge is 0.481 e. The van der Waals surface area contributed by atoms with Gasteiger partial charge in [0.05, 0.1) is 4.88 Å². The molecule has 5 nitrogen and oxygen atoms in total. The Hall–Kier alpha value is -1.96. The Morgan fingerprint density at radius 1 is 1.38 bits per heavy atom. The number of benzene rings is 1. The lowest BCUT2D eigenvalue weighted by atomic mass is 10.2. The molecule has 0 saturated carbocycles. The van der Waals surface area contributed by atoms with Crippen molar-refractivity contribution in [3.8, 4) is 16.5 Å². The third kappa shape index (κ3) is 3.92. The van der Waals surface area contributed by atoms with Crippen molar-refractivity contribution in [2.45, 2.75) is 20.0 Å². The number of halogens is 1. The highest BCUT2D eigenvalue weighted by Crippen LogP contribution is 2.25. The Morgan fingerprint density at radius 2 is 2.21 bits per heavy atom. The van der Waals surface area contributed by atoms with E-state index in [0.29, 0.717) is 21.7 Å². The van der Waals surface area contributed by atoms with E-state index < -0.39 is 6.10 Å². The molecule has 3 aromatic rings. The number of thiophene rings is 1. The van der Waals surface area contributed by atoms with Crippen molar-refractivity contribution in [2.24, 2.45) is 0 Å². The van der Waals surface area contributed by atoms with E-state index in [1.54, 1.807) is 36.5 Å². The first kappa shape index (κ1) is 16.9. The quantitative estimate of drug-likeness (QED) is 0.701. The van der Waals surface area contributed by atoms with Gasteiger partial charge in [0.25, 0.3) is 5.91 Å². The van der Waals surface area contributed by atoms with E-state index in [9.17, 15) is 4.79 Å². The van der Waals surface area contributed by atoms with Gasteiger partial charge >= 0.3 is 0 Å². The molecule has 1 atom stereocenters. The molecule has 3 rings (SSSR count). The number of carbonyl (C=O) groups excluding carboxylic acids is 1. The fourth-order valence-electron chi connectivity index (χ4n) is 1.94. The fourth-order valence-corrected chi connectivity index (χ4v) is 3.35. The first-order valence-electron chi connectivity index (χ1n) is 7.14. The number of carbonyl (C=O) groups is 1. The van der Waals surface area contributed by atoms with Gasteiger partial charge in [-0.25, -0.2) is 0 Å². The van der Waals surface area contributed by atoms with Crippen LogP contribution >= 0.6 is 34.5 Å². The summed E-state index contributed by atoms with van der Waals surface area (Å²) in [7, 11) is 0. The van der Waals surface area contributed by atoms with Crippen LogP contribution in [-0.4, -0.2) is 21.4 Å². The maximum absolute atomic E-state index is 12.2. The summed E-state index contributed by atoms with van der Waals surface area (Å²) in [6.45, 7) is 3.56. The van der Waals surface area contributed by atoms with E-state index in [1.807, 2.05) is 24.4 Å². The zero-order valence-electron chi connectivity index (χ0n) is 12.9. The van der Waals surface area contributed by atoms with Gasteiger partial charge in [0.2, 0.25) is 5.13 Å². The Kier molecular flexibility index (Phi) is 5.13. The van der Waals surface area contributed by atoms with Gasteiger partial charge in [0.1, 0.15) is 5.75 Å². The minimum absolute atomic E-state index is 0.281. The molecule has 0 aliphatic rings. The molecule has 0 aliphatic heterocycles. The first-order valence-corrected chi connectivity index (χ1v) is 9.17. The highest BCUT2D eigenvalue weighted by Gasteiger charge is 2.17. The highest BCUT2D eigenvalue weighted by molar-refractivity contribution is 7.14. The first-order chi connectivity index (χ1) is 11.5. The third-order valence-electron chi connectivity index (χ3n) is 3.21. The summed E-state index contributed by atoms with van der Waals surface area (Å²) in [5.41, 5.74) is 0.895. The number of aryl methyl sites for hydroxylation is 1. The van der Waals surface area contributed by atoms with Crippen LogP contribution in [-0.2, 0) is 4.79 Å². The summed E-state index contributed by atoms with van der Waals surface area (Å²) >= 11 is 8.68. The van der Waals surface area contributed by atoms with E-state index in [0.717, 1.165) is 22.0 Å². The number of amides is 1. The van der Waals surface area contributed by atoms with Crippen molar-refractivity contribution in [1.82, 2.24) is 9.36 Å². The number of anilines is 1. The van der Waals surface area contributed by atoms with E-state index in [2.05, 4.69) is 14.7 Å². The molecule has 124 valence electrons. The van der Waals surface area contributed by atoms with Crippen molar-refractivity contribution in [2.75, 3.05) is 5.32 Å². The van der Waals surface area contributed by atoms with Crippen molar-refractivity contribution in [1.29, 1.82) is 0 Å². The lowest BCUT2D eigenvalue weighted by molar-refractivity contribution is -0.122. The Bertz CT molecular complexity index is 849. The van der Waals surface area contributed by atoms with Crippen LogP contribution in [0.15, 0.2) is 35.7 Å². The van der Waals surface area contributed by atoms with E-state index in [4.69, 9.17) is 16.3 Å². The zero-order chi connectivity index (χ0) is 17.1. The van der Waals surface area contributed by atoms with Gasteiger partial charge in [-0.1, -0.05) is 17.7 Å². The summed E-state index contributed by atoms with van der Waals surface area (Å²) in [5, 5.41) is 5.80. The van der Waals surface area contributed by atoms with Crippen LogP contribution in [0, 0.1) is 6.92 Å². The van der Waals surface area contributed by atoms with E-state index >= 15 is 0 Å². The molecule has 2 aromatic heterocycles. The molecule has 0 saturated heterocycles. The van der Waals surface area contributed by atoms with Gasteiger partial charge in [-0.05, 0) is 49.1 Å². The van der Waals surface area contributed by atoms with E-state index in [-0.39, 0.29) is 5.91 Å². The van der Waals surface area contributed by atoms with Gasteiger partial charge in [-0.2, -0.15) is 9.36 Å². The molecule has 0 radical (unpaired) electrons. The molecule has 8 heteroatoms. The standard InChI is InChI=1S/C16H14ClN3O2S2/c1-9-8-11(5-6-12(9)17)22-10(2)15(21)19-16-18-14(20-24-16)13-4-3-7-23-13/h3-8,10H,1-2H3,(H,18,19,20,21)/t10-/m0/s1. The van der Waals surface area contributed by atoms with Crippen molar-refractivity contribution < 1.29 is 9.53 Å². The van der Waals surface area contributed by atoms with Crippen LogP contribution in [0.25, 0.3) is 10.7 Å². The maximum atomic E-state index is 12.2. The number of hydrogen-bond donors (Lipinski definition) is 1. The smallest absolute Gasteiger partial charge is 0.266 e. The SMILES string of the molecule is Cc1cc(O[C@@H](C)C(=O)Nc2nc(-c3cccs3)ns2)ccc1Cl. The molecule has 1 aromatic carbocycles. The molecule has 24 heavy (non-hydrogen) atoms. The number of rotatable bonds is 5.